The van der Waals surface area contributed by atoms with Crippen LogP contribution >= 0.6 is 0 Å². The van der Waals surface area contributed by atoms with Crippen LogP contribution in [0.1, 0.15) is 45.0 Å². The van der Waals surface area contributed by atoms with Crippen molar-refractivity contribution in [2.75, 3.05) is 12.0 Å². The zero-order valence-electron chi connectivity index (χ0n) is 15.8. The number of ether oxygens (including phenoxy) is 1. The molecular weight excluding hydrogens is 326 g/mol. The van der Waals surface area contributed by atoms with Gasteiger partial charge in [-0.15, -0.1) is 15.3 Å². The summed E-state index contributed by atoms with van der Waals surface area (Å²) in [5.74, 6) is 2.75. The third kappa shape index (κ3) is 3.11. The zero-order chi connectivity index (χ0) is 18.3. The number of hydrogen-bond acceptors (Lipinski definition) is 5. The SMILES string of the molecule is COc1ccccc1CN(c1ccc2nnc(C(C)(C)C)n2n1)C1CC1. The van der Waals surface area contributed by atoms with Crippen LogP contribution in [0.3, 0.4) is 0 Å². The molecule has 0 unspecified atom stereocenters. The summed E-state index contributed by atoms with van der Waals surface area (Å²) in [5, 5.41) is 13.5. The summed E-state index contributed by atoms with van der Waals surface area (Å²) in [7, 11) is 1.72. The van der Waals surface area contributed by atoms with Gasteiger partial charge in [-0.3, -0.25) is 0 Å². The third-order valence-corrected chi connectivity index (χ3v) is 4.73. The van der Waals surface area contributed by atoms with Crippen LogP contribution in [0.4, 0.5) is 5.82 Å². The van der Waals surface area contributed by atoms with Gasteiger partial charge in [0.05, 0.1) is 7.11 Å². The van der Waals surface area contributed by atoms with Crippen molar-refractivity contribution in [3.63, 3.8) is 0 Å². The molecule has 0 atom stereocenters. The second-order valence-electron chi connectivity index (χ2n) is 7.91. The van der Waals surface area contributed by atoms with E-state index in [4.69, 9.17) is 9.84 Å². The van der Waals surface area contributed by atoms with E-state index in [1.807, 2.05) is 28.8 Å². The van der Waals surface area contributed by atoms with Crippen LogP contribution < -0.4 is 9.64 Å². The fourth-order valence-electron chi connectivity index (χ4n) is 3.20. The highest BCUT2D eigenvalue weighted by Crippen LogP contribution is 2.34. The Bertz CT molecular complexity index is 923. The first kappa shape index (κ1) is 16.8. The highest BCUT2D eigenvalue weighted by molar-refractivity contribution is 5.49. The molecular formula is C20H25N5O. The third-order valence-electron chi connectivity index (χ3n) is 4.73. The second-order valence-corrected chi connectivity index (χ2v) is 7.91. The average molecular weight is 351 g/mol. The number of fused-ring (bicyclic) bond motifs is 1. The minimum atomic E-state index is -0.113. The van der Waals surface area contributed by atoms with Gasteiger partial charge in [0, 0.05) is 23.6 Å². The summed E-state index contributed by atoms with van der Waals surface area (Å²) in [6.45, 7) is 7.17. The molecule has 0 N–H and O–H groups in total. The van der Waals surface area contributed by atoms with E-state index in [1.165, 1.54) is 18.4 Å². The van der Waals surface area contributed by atoms with E-state index in [1.54, 1.807) is 7.11 Å². The van der Waals surface area contributed by atoms with Gasteiger partial charge in [-0.1, -0.05) is 39.0 Å². The van der Waals surface area contributed by atoms with E-state index in [-0.39, 0.29) is 5.41 Å². The van der Waals surface area contributed by atoms with Crippen molar-refractivity contribution in [3.8, 4) is 5.75 Å². The van der Waals surface area contributed by atoms with Gasteiger partial charge in [-0.2, -0.15) is 4.52 Å². The molecule has 1 aromatic carbocycles. The summed E-state index contributed by atoms with van der Waals surface area (Å²) in [5.41, 5.74) is 1.84. The zero-order valence-corrected chi connectivity index (χ0v) is 15.8. The van der Waals surface area contributed by atoms with E-state index in [9.17, 15) is 0 Å². The van der Waals surface area contributed by atoms with Crippen molar-refractivity contribution >= 4 is 11.5 Å². The van der Waals surface area contributed by atoms with Crippen LogP contribution in [-0.2, 0) is 12.0 Å². The maximum Gasteiger partial charge on any atom is 0.178 e. The van der Waals surface area contributed by atoms with Gasteiger partial charge in [0.1, 0.15) is 11.6 Å². The Morgan fingerprint density at radius 2 is 1.88 bits per heavy atom. The van der Waals surface area contributed by atoms with Gasteiger partial charge in [0.2, 0.25) is 0 Å². The van der Waals surface area contributed by atoms with Crippen LogP contribution in [0.15, 0.2) is 36.4 Å². The molecule has 1 fully saturated rings. The van der Waals surface area contributed by atoms with Crippen molar-refractivity contribution in [3.05, 3.63) is 47.8 Å². The highest BCUT2D eigenvalue weighted by Gasteiger charge is 2.31. The van der Waals surface area contributed by atoms with Crippen molar-refractivity contribution < 1.29 is 4.74 Å². The van der Waals surface area contributed by atoms with Gasteiger partial charge < -0.3 is 9.64 Å². The first-order valence-corrected chi connectivity index (χ1v) is 9.09. The highest BCUT2D eigenvalue weighted by atomic mass is 16.5. The average Bonchev–Trinajstić information content (AvgIpc) is 3.36. The van der Waals surface area contributed by atoms with E-state index in [2.05, 4.69) is 48.0 Å². The number of para-hydroxylation sites is 1. The monoisotopic (exact) mass is 351 g/mol. The number of nitrogens with zero attached hydrogens (tertiary/aromatic N) is 5. The topological polar surface area (TPSA) is 55.5 Å². The Kier molecular flexibility index (Phi) is 4.05. The first-order valence-electron chi connectivity index (χ1n) is 9.09. The molecule has 6 nitrogen and oxygen atoms in total. The van der Waals surface area contributed by atoms with E-state index < -0.39 is 0 Å². The van der Waals surface area contributed by atoms with Gasteiger partial charge in [-0.25, -0.2) is 0 Å². The fraction of sp³-hybridized carbons (Fsp3) is 0.450. The van der Waals surface area contributed by atoms with Gasteiger partial charge >= 0.3 is 0 Å². The molecule has 2 aromatic heterocycles. The molecule has 3 aromatic rings. The molecule has 0 radical (unpaired) electrons. The number of anilines is 1. The van der Waals surface area contributed by atoms with Crippen LogP contribution in [0, 0.1) is 0 Å². The minimum Gasteiger partial charge on any atom is -0.496 e. The Hall–Kier alpha value is -2.63. The Morgan fingerprint density at radius 1 is 1.12 bits per heavy atom. The predicted octanol–water partition coefficient (Wildman–Crippen LogP) is 3.60. The van der Waals surface area contributed by atoms with Crippen LogP contribution in [0.5, 0.6) is 5.75 Å². The largest absolute Gasteiger partial charge is 0.496 e. The van der Waals surface area contributed by atoms with Crippen molar-refractivity contribution in [2.24, 2.45) is 0 Å². The van der Waals surface area contributed by atoms with Crippen LogP contribution in [-0.4, -0.2) is 33.0 Å². The molecule has 0 bridgehead atoms. The second kappa shape index (κ2) is 6.27. The summed E-state index contributed by atoms with van der Waals surface area (Å²) >= 11 is 0. The van der Waals surface area contributed by atoms with Gasteiger partial charge in [-0.05, 0) is 31.0 Å². The van der Waals surface area contributed by atoms with Crippen molar-refractivity contribution in [1.29, 1.82) is 0 Å². The molecule has 0 spiro atoms. The summed E-state index contributed by atoms with van der Waals surface area (Å²) in [6.07, 6.45) is 2.40. The molecule has 0 aliphatic heterocycles. The van der Waals surface area contributed by atoms with E-state index in [0.717, 1.165) is 29.6 Å². The lowest BCUT2D eigenvalue weighted by molar-refractivity contribution is 0.409. The molecule has 0 amide bonds. The van der Waals surface area contributed by atoms with E-state index in [0.29, 0.717) is 6.04 Å². The summed E-state index contributed by atoms with van der Waals surface area (Å²) in [4.78, 5) is 2.36. The van der Waals surface area contributed by atoms with Gasteiger partial charge in [0.15, 0.2) is 11.5 Å². The molecule has 1 saturated carbocycles. The minimum absolute atomic E-state index is 0.113. The van der Waals surface area contributed by atoms with Crippen LogP contribution in [0.25, 0.3) is 5.65 Å². The summed E-state index contributed by atoms with van der Waals surface area (Å²) < 4.78 is 7.41. The molecule has 4 rings (SSSR count). The smallest absolute Gasteiger partial charge is 0.178 e. The standard InChI is InChI=1S/C20H25N5O/c1-20(2,3)19-22-21-17-11-12-18(23-25(17)19)24(15-9-10-15)13-14-7-5-6-8-16(14)26-4/h5-8,11-12,15H,9-10,13H2,1-4H3. The van der Waals surface area contributed by atoms with Crippen LogP contribution in [0.2, 0.25) is 0 Å². The number of rotatable bonds is 5. The van der Waals surface area contributed by atoms with Crippen molar-refractivity contribution in [1.82, 2.24) is 19.8 Å². The summed E-state index contributed by atoms with van der Waals surface area (Å²) in [6, 6.07) is 12.8. The molecule has 0 saturated heterocycles. The van der Waals surface area contributed by atoms with Crippen molar-refractivity contribution in [2.45, 2.75) is 51.6 Å². The first-order chi connectivity index (χ1) is 12.5. The quantitative estimate of drug-likeness (QED) is 0.703. The lowest BCUT2D eigenvalue weighted by Gasteiger charge is -2.25. The maximum absolute atomic E-state index is 5.53. The Morgan fingerprint density at radius 3 is 2.58 bits per heavy atom. The molecule has 6 heteroatoms. The number of benzene rings is 1. The van der Waals surface area contributed by atoms with E-state index >= 15 is 0 Å². The lowest BCUT2D eigenvalue weighted by atomic mass is 9.96. The molecule has 1 aliphatic carbocycles. The normalized spacial score (nSPS) is 14.6. The number of hydrogen-bond donors (Lipinski definition) is 0. The molecule has 2 heterocycles. The molecule has 136 valence electrons. The van der Waals surface area contributed by atoms with Gasteiger partial charge in [0.25, 0.3) is 0 Å². The fourth-order valence-corrected chi connectivity index (χ4v) is 3.20. The lowest BCUT2D eigenvalue weighted by Crippen LogP contribution is -2.27. The maximum atomic E-state index is 5.53. The molecule has 1 aliphatic rings. The number of methoxy groups -OCH3 is 1. The molecule has 26 heavy (non-hydrogen) atoms. The number of aromatic nitrogens is 4. The Labute approximate surface area is 153 Å². The predicted molar refractivity (Wildman–Crippen MR) is 102 cm³/mol. The Balaban J connectivity index is 1.73.